The second kappa shape index (κ2) is 13.0. The average Bonchev–Trinajstić information content (AvgIpc) is 2.90. The van der Waals surface area contributed by atoms with E-state index in [0.29, 0.717) is 0 Å². The lowest BCUT2D eigenvalue weighted by atomic mass is 9.86. The molecule has 218 valence electrons. The third-order valence-electron chi connectivity index (χ3n) is 5.95. The average molecular weight is 602 g/mol. The van der Waals surface area contributed by atoms with E-state index < -0.39 is 39.4 Å². The van der Waals surface area contributed by atoms with Crippen molar-refractivity contribution in [1.82, 2.24) is 4.90 Å². The van der Waals surface area contributed by atoms with Crippen molar-refractivity contribution in [1.29, 1.82) is 0 Å². The van der Waals surface area contributed by atoms with E-state index in [1.165, 1.54) is 43.4 Å². The van der Waals surface area contributed by atoms with Crippen molar-refractivity contribution < 1.29 is 32.6 Å². The van der Waals surface area contributed by atoms with Gasteiger partial charge in [0.05, 0.1) is 15.6 Å². The van der Waals surface area contributed by atoms with Crippen molar-refractivity contribution in [3.8, 4) is 0 Å². The van der Waals surface area contributed by atoms with Gasteiger partial charge in [-0.1, -0.05) is 80.9 Å². The molecular weight excluding hydrogens is 570 g/mol. The number of aliphatic carboxylic acids is 1. The van der Waals surface area contributed by atoms with Crippen LogP contribution in [0.2, 0.25) is 5.02 Å². The van der Waals surface area contributed by atoms with Gasteiger partial charge in [0.2, 0.25) is 5.91 Å². The lowest BCUT2D eigenvalue weighted by Gasteiger charge is -2.38. The summed E-state index contributed by atoms with van der Waals surface area (Å²) in [5.41, 5.74) is -0.103. The molecule has 2 N–H and O–H groups in total. The van der Waals surface area contributed by atoms with Gasteiger partial charge in [-0.2, -0.15) is 0 Å². The maximum Gasteiger partial charge on any atom is 0.410 e. The predicted molar refractivity (Wildman–Crippen MR) is 156 cm³/mol. The molecule has 0 saturated heterocycles. The number of carbonyl (C=O) groups excluding carboxylic acids is 2. The summed E-state index contributed by atoms with van der Waals surface area (Å²) in [5, 5.41) is 12.7. The molecule has 41 heavy (non-hydrogen) atoms. The zero-order valence-electron chi connectivity index (χ0n) is 23.1. The number of carboxylic acid groups (broad SMARTS) is 1. The first-order valence-corrected chi connectivity index (χ1v) is 14.4. The number of sulfonamides is 1. The van der Waals surface area contributed by atoms with Gasteiger partial charge in [0.25, 0.3) is 10.0 Å². The molecule has 0 spiro atoms. The number of likely N-dealkylation sites (N-methyl/N-ethyl adjacent to an activating group) is 1. The molecule has 3 aromatic carbocycles. The molecule has 0 bridgehead atoms. The predicted octanol–water partition coefficient (Wildman–Crippen LogP) is 5.24. The van der Waals surface area contributed by atoms with Crippen LogP contribution in [0, 0.1) is 5.41 Å². The normalized spacial score (nSPS) is 12.2. The zero-order valence-corrected chi connectivity index (χ0v) is 24.6. The highest BCUT2D eigenvalue weighted by molar-refractivity contribution is 7.93. The van der Waals surface area contributed by atoms with Gasteiger partial charge in [0, 0.05) is 12.7 Å². The third kappa shape index (κ3) is 7.99. The largest absolute Gasteiger partial charge is 0.480 e. The monoisotopic (exact) mass is 601 g/mol. The Balaban J connectivity index is 1.83. The number of nitrogens with one attached hydrogen (secondary N) is 1. The number of ether oxygens (including phenoxy) is 1. The first-order valence-electron chi connectivity index (χ1n) is 12.6. The highest BCUT2D eigenvalue weighted by Crippen LogP contribution is 2.38. The molecule has 0 saturated carbocycles. The smallest absolute Gasteiger partial charge is 0.410 e. The van der Waals surface area contributed by atoms with E-state index in [9.17, 15) is 27.9 Å². The Hall–Kier alpha value is -4.09. The zero-order chi connectivity index (χ0) is 30.4. The van der Waals surface area contributed by atoms with E-state index in [4.69, 9.17) is 16.3 Å². The van der Waals surface area contributed by atoms with Crippen LogP contribution in [-0.4, -0.2) is 56.0 Å². The molecule has 0 aromatic heterocycles. The van der Waals surface area contributed by atoms with Crippen LogP contribution in [-0.2, 0) is 31.0 Å². The quantitative estimate of drug-likeness (QED) is 0.324. The summed E-state index contributed by atoms with van der Waals surface area (Å²) in [6.45, 7) is 4.52. The minimum atomic E-state index is -4.50. The maximum atomic E-state index is 14.0. The van der Waals surface area contributed by atoms with Gasteiger partial charge in [-0.15, -0.1) is 0 Å². The van der Waals surface area contributed by atoms with E-state index in [1.807, 2.05) is 18.2 Å². The number of carbonyl (C=O) groups is 3. The van der Waals surface area contributed by atoms with Crippen LogP contribution in [0.4, 0.5) is 16.2 Å². The van der Waals surface area contributed by atoms with E-state index in [1.54, 1.807) is 45.0 Å². The van der Waals surface area contributed by atoms with Crippen LogP contribution in [0.15, 0.2) is 83.8 Å². The first kappa shape index (κ1) is 31.4. The fraction of sp³-hybridized carbons (Fsp3) is 0.276. The maximum absolute atomic E-state index is 14.0. The molecule has 0 radical (unpaired) electrons. The molecule has 0 fully saturated rings. The van der Waals surface area contributed by atoms with Gasteiger partial charge in [-0.25, -0.2) is 22.3 Å². The number of benzene rings is 3. The molecule has 2 amide bonds. The Morgan fingerprint density at radius 2 is 1.61 bits per heavy atom. The standard InChI is InChI=1S/C29H32ClN3O7S/c1-29(2,3)26(27(35)36)33(24-16-9-8-15-23(24)30)41(38,39)22-14-10-13-21(17-22)31-25(34)18-32(4)28(37)40-19-20-11-6-5-7-12-20/h5-17,26H,18-19H2,1-4H3,(H,31,34)(H,35,36). The molecule has 3 rings (SSSR count). The Labute approximate surface area is 244 Å². The number of para-hydroxylation sites is 1. The van der Waals surface area contributed by atoms with Crippen molar-refractivity contribution in [2.75, 3.05) is 23.2 Å². The molecule has 10 nitrogen and oxygen atoms in total. The third-order valence-corrected chi connectivity index (χ3v) is 8.05. The summed E-state index contributed by atoms with van der Waals surface area (Å²) in [6, 6.07) is 19.0. The molecule has 0 aliphatic rings. The van der Waals surface area contributed by atoms with Gasteiger partial charge in [-0.3, -0.25) is 4.79 Å². The molecule has 12 heteroatoms. The van der Waals surface area contributed by atoms with E-state index >= 15 is 0 Å². The lowest BCUT2D eigenvalue weighted by Crippen LogP contribution is -2.52. The Bertz CT molecular complexity index is 1510. The van der Waals surface area contributed by atoms with Crippen LogP contribution in [0.1, 0.15) is 26.3 Å². The minimum Gasteiger partial charge on any atom is -0.480 e. The highest BCUT2D eigenvalue weighted by Gasteiger charge is 2.44. The molecular formula is C29H32ClN3O7S. The van der Waals surface area contributed by atoms with Crippen molar-refractivity contribution in [2.24, 2.45) is 5.41 Å². The number of hydrogen-bond acceptors (Lipinski definition) is 6. The second-order valence-electron chi connectivity index (χ2n) is 10.3. The molecule has 0 heterocycles. The van der Waals surface area contributed by atoms with E-state index in [-0.39, 0.29) is 34.4 Å². The SMILES string of the molecule is CN(CC(=O)Nc1cccc(S(=O)(=O)N(c2ccccc2Cl)C(C(=O)O)C(C)(C)C)c1)C(=O)OCc1ccccc1. The number of anilines is 2. The van der Waals surface area contributed by atoms with E-state index in [0.717, 1.165) is 14.8 Å². The van der Waals surface area contributed by atoms with Crippen LogP contribution in [0.25, 0.3) is 0 Å². The number of amides is 2. The Morgan fingerprint density at radius 3 is 2.22 bits per heavy atom. The summed E-state index contributed by atoms with van der Waals surface area (Å²) >= 11 is 6.34. The molecule has 3 aromatic rings. The minimum absolute atomic E-state index is 0.00145. The summed E-state index contributed by atoms with van der Waals surface area (Å²) in [6.07, 6.45) is -0.711. The fourth-order valence-electron chi connectivity index (χ4n) is 4.02. The van der Waals surface area contributed by atoms with Crippen LogP contribution in [0.3, 0.4) is 0 Å². The summed E-state index contributed by atoms with van der Waals surface area (Å²) in [4.78, 5) is 38.2. The van der Waals surface area contributed by atoms with Crippen LogP contribution >= 0.6 is 11.6 Å². The highest BCUT2D eigenvalue weighted by atomic mass is 35.5. The Morgan fingerprint density at radius 1 is 0.976 bits per heavy atom. The molecule has 1 atom stereocenters. The lowest BCUT2D eigenvalue weighted by molar-refractivity contribution is -0.140. The number of rotatable bonds is 10. The van der Waals surface area contributed by atoms with E-state index in [2.05, 4.69) is 5.32 Å². The summed E-state index contributed by atoms with van der Waals surface area (Å²) in [7, 11) is -3.10. The van der Waals surface area contributed by atoms with Gasteiger partial charge < -0.3 is 20.1 Å². The number of hydrogen-bond donors (Lipinski definition) is 2. The molecule has 0 aliphatic carbocycles. The van der Waals surface area contributed by atoms with Crippen molar-refractivity contribution >= 4 is 51.0 Å². The van der Waals surface area contributed by atoms with Crippen molar-refractivity contribution in [3.63, 3.8) is 0 Å². The Kier molecular flexibility index (Phi) is 10.0. The molecule has 0 aliphatic heterocycles. The van der Waals surface area contributed by atoms with Gasteiger partial charge in [-0.05, 0) is 41.3 Å². The topological polar surface area (TPSA) is 133 Å². The number of carboxylic acids is 1. The number of nitrogens with zero attached hydrogens (tertiary/aromatic N) is 2. The number of halogens is 1. The summed E-state index contributed by atoms with van der Waals surface area (Å²) < 4.78 is 34.0. The summed E-state index contributed by atoms with van der Waals surface area (Å²) in [5.74, 6) is -1.95. The van der Waals surface area contributed by atoms with Gasteiger partial charge in [0.15, 0.2) is 0 Å². The van der Waals surface area contributed by atoms with Crippen LogP contribution < -0.4 is 9.62 Å². The first-order chi connectivity index (χ1) is 19.2. The van der Waals surface area contributed by atoms with Crippen molar-refractivity contribution in [3.05, 3.63) is 89.4 Å². The fourth-order valence-corrected chi connectivity index (χ4v) is 6.15. The van der Waals surface area contributed by atoms with Crippen molar-refractivity contribution in [2.45, 2.75) is 38.3 Å². The second-order valence-corrected chi connectivity index (χ2v) is 12.6. The van der Waals surface area contributed by atoms with Gasteiger partial charge >= 0.3 is 12.1 Å². The molecule has 1 unspecified atom stereocenters. The van der Waals surface area contributed by atoms with Gasteiger partial charge in [0.1, 0.15) is 19.2 Å². The van der Waals surface area contributed by atoms with Crippen LogP contribution in [0.5, 0.6) is 0 Å².